The van der Waals surface area contributed by atoms with Crippen LogP contribution in [0.3, 0.4) is 0 Å². The lowest BCUT2D eigenvalue weighted by molar-refractivity contribution is 1.66. The highest BCUT2D eigenvalue weighted by Gasteiger charge is 2.16. The van der Waals surface area contributed by atoms with Gasteiger partial charge in [0, 0.05) is 0 Å². The molecule has 0 fully saturated rings. The monoisotopic (exact) mass is 630 g/mol. The Hall–Kier alpha value is -6.50. The molecule has 0 aliphatic carbocycles. The van der Waals surface area contributed by atoms with Crippen molar-refractivity contribution in [3.63, 3.8) is 0 Å². The summed E-state index contributed by atoms with van der Waals surface area (Å²) in [6, 6.07) is 67.9. The molecule has 11 rings (SSSR count). The van der Waals surface area contributed by atoms with Crippen LogP contribution in [0.15, 0.2) is 182 Å². The summed E-state index contributed by atoms with van der Waals surface area (Å²) in [4.78, 5) is 0. The van der Waals surface area contributed by atoms with Crippen molar-refractivity contribution in [1.82, 2.24) is 0 Å². The summed E-state index contributed by atoms with van der Waals surface area (Å²) < 4.78 is 0. The fraction of sp³-hybridized carbons (Fsp3) is 0. The van der Waals surface area contributed by atoms with Gasteiger partial charge in [0.15, 0.2) is 0 Å². The maximum Gasteiger partial charge on any atom is -0.00264 e. The molecular formula is C50H30. The molecular weight excluding hydrogens is 601 g/mol. The Morgan fingerprint density at radius 1 is 0.180 bits per heavy atom. The lowest BCUT2D eigenvalue weighted by Gasteiger charge is -2.17. The molecule has 0 heteroatoms. The van der Waals surface area contributed by atoms with E-state index < -0.39 is 0 Å². The fourth-order valence-electron chi connectivity index (χ4n) is 8.43. The van der Waals surface area contributed by atoms with Crippen molar-refractivity contribution in [2.24, 2.45) is 0 Å². The Balaban J connectivity index is 1.20. The van der Waals surface area contributed by atoms with Crippen molar-refractivity contribution in [3.8, 4) is 22.3 Å². The van der Waals surface area contributed by atoms with Gasteiger partial charge >= 0.3 is 0 Å². The predicted octanol–water partition coefficient (Wildman–Crippen LogP) is 14.2. The van der Waals surface area contributed by atoms with Gasteiger partial charge in [0.05, 0.1) is 0 Å². The molecule has 0 aromatic heterocycles. The quantitative estimate of drug-likeness (QED) is 0.167. The van der Waals surface area contributed by atoms with Crippen LogP contribution in [-0.4, -0.2) is 0 Å². The normalized spacial score (nSPS) is 12.0. The van der Waals surface area contributed by atoms with Crippen molar-refractivity contribution in [3.05, 3.63) is 182 Å². The van der Waals surface area contributed by atoms with Crippen LogP contribution >= 0.6 is 0 Å². The SMILES string of the molecule is c1ccc2cc3c(-c4ccc(-c5c6cc7ccccc7cc6cc6cc7ccccc7cc56)cc4)c4cc5ccccc5cc4cc3cc2c1. The summed E-state index contributed by atoms with van der Waals surface area (Å²) in [6.45, 7) is 0. The Morgan fingerprint density at radius 2 is 0.380 bits per heavy atom. The maximum atomic E-state index is 2.39. The molecule has 0 aliphatic heterocycles. The van der Waals surface area contributed by atoms with Gasteiger partial charge in [-0.05, 0) is 169 Å². The minimum Gasteiger partial charge on any atom is -0.0616 e. The Labute approximate surface area is 289 Å². The first-order valence-corrected chi connectivity index (χ1v) is 17.4. The fourth-order valence-corrected chi connectivity index (χ4v) is 8.43. The van der Waals surface area contributed by atoms with Crippen LogP contribution in [0, 0.1) is 0 Å². The standard InChI is InChI=1S/C50H30/c1-5-13-37-27-45-41(21-33(37)9-1)25-42-22-34-10-2-6-14-38(34)28-46(42)49(45)31-17-19-32(20-18-31)50-47-29-39-15-7-3-11-35(39)23-43(47)26-44-24-36-12-4-8-16-40(36)30-48(44)50/h1-30H. The molecule has 0 nitrogen and oxygen atoms in total. The van der Waals surface area contributed by atoms with E-state index in [2.05, 4.69) is 182 Å². The third kappa shape index (κ3) is 4.19. The Kier molecular flexibility index (Phi) is 5.76. The molecule has 0 spiro atoms. The molecule has 0 N–H and O–H groups in total. The average Bonchev–Trinajstić information content (AvgIpc) is 3.16. The molecule has 50 heavy (non-hydrogen) atoms. The van der Waals surface area contributed by atoms with Gasteiger partial charge < -0.3 is 0 Å². The highest BCUT2D eigenvalue weighted by Crippen LogP contribution is 2.43. The summed E-state index contributed by atoms with van der Waals surface area (Å²) in [7, 11) is 0. The van der Waals surface area contributed by atoms with Crippen LogP contribution in [-0.2, 0) is 0 Å². The maximum absolute atomic E-state index is 2.39. The van der Waals surface area contributed by atoms with Gasteiger partial charge in [0.25, 0.3) is 0 Å². The predicted molar refractivity (Wildman–Crippen MR) is 217 cm³/mol. The highest BCUT2D eigenvalue weighted by atomic mass is 14.2. The largest absolute Gasteiger partial charge is 0.0616 e. The Bertz CT molecular complexity index is 2780. The zero-order chi connectivity index (χ0) is 32.8. The van der Waals surface area contributed by atoms with E-state index in [-0.39, 0.29) is 0 Å². The van der Waals surface area contributed by atoms with Crippen molar-refractivity contribution in [1.29, 1.82) is 0 Å². The summed E-state index contributed by atoms with van der Waals surface area (Å²) in [6.07, 6.45) is 0. The molecule has 0 unspecified atom stereocenters. The number of hydrogen-bond donors (Lipinski definition) is 0. The van der Waals surface area contributed by atoms with Crippen LogP contribution in [0.25, 0.3) is 108 Å². The first-order chi connectivity index (χ1) is 24.7. The number of fused-ring (bicyclic) bond motifs is 8. The van der Waals surface area contributed by atoms with E-state index in [4.69, 9.17) is 0 Å². The van der Waals surface area contributed by atoms with Gasteiger partial charge in [-0.2, -0.15) is 0 Å². The summed E-state index contributed by atoms with van der Waals surface area (Å²) >= 11 is 0. The molecule has 0 aliphatic rings. The van der Waals surface area contributed by atoms with Crippen molar-refractivity contribution >= 4 is 86.2 Å². The van der Waals surface area contributed by atoms with E-state index in [9.17, 15) is 0 Å². The molecule has 11 aromatic carbocycles. The summed E-state index contributed by atoms with van der Waals surface area (Å²) in [5.74, 6) is 0. The number of rotatable bonds is 2. The minimum absolute atomic E-state index is 1.23. The Morgan fingerprint density at radius 3 is 0.620 bits per heavy atom. The molecule has 0 heterocycles. The van der Waals surface area contributed by atoms with E-state index in [0.29, 0.717) is 0 Å². The van der Waals surface area contributed by atoms with Crippen LogP contribution < -0.4 is 0 Å². The second kappa shape index (κ2) is 10.5. The molecule has 0 saturated carbocycles. The van der Waals surface area contributed by atoms with Gasteiger partial charge in [-0.25, -0.2) is 0 Å². The second-order valence-corrected chi connectivity index (χ2v) is 13.8. The van der Waals surface area contributed by atoms with Gasteiger partial charge in [-0.3, -0.25) is 0 Å². The molecule has 11 aromatic rings. The van der Waals surface area contributed by atoms with Crippen molar-refractivity contribution < 1.29 is 0 Å². The first-order valence-electron chi connectivity index (χ1n) is 17.4. The average molecular weight is 631 g/mol. The molecule has 0 amide bonds. The summed E-state index contributed by atoms with van der Waals surface area (Å²) in [5, 5.41) is 20.3. The first kappa shape index (κ1) is 27.5. The summed E-state index contributed by atoms with van der Waals surface area (Å²) in [5.41, 5.74) is 5.05. The van der Waals surface area contributed by atoms with Gasteiger partial charge in [0.1, 0.15) is 0 Å². The third-order valence-electron chi connectivity index (χ3n) is 10.8. The van der Waals surface area contributed by atoms with Crippen LogP contribution in [0.4, 0.5) is 0 Å². The van der Waals surface area contributed by atoms with Gasteiger partial charge in [-0.1, -0.05) is 121 Å². The topological polar surface area (TPSA) is 0 Å². The minimum atomic E-state index is 1.23. The second-order valence-electron chi connectivity index (χ2n) is 13.8. The van der Waals surface area contributed by atoms with E-state index in [0.717, 1.165) is 0 Å². The number of hydrogen-bond acceptors (Lipinski definition) is 0. The lowest BCUT2D eigenvalue weighted by Crippen LogP contribution is -1.90. The molecule has 0 radical (unpaired) electrons. The van der Waals surface area contributed by atoms with Crippen LogP contribution in [0.2, 0.25) is 0 Å². The van der Waals surface area contributed by atoms with E-state index in [1.807, 2.05) is 0 Å². The van der Waals surface area contributed by atoms with E-state index in [1.165, 1.54) is 108 Å². The highest BCUT2D eigenvalue weighted by molar-refractivity contribution is 6.20. The van der Waals surface area contributed by atoms with Gasteiger partial charge in [0.2, 0.25) is 0 Å². The van der Waals surface area contributed by atoms with Crippen molar-refractivity contribution in [2.45, 2.75) is 0 Å². The van der Waals surface area contributed by atoms with Gasteiger partial charge in [-0.15, -0.1) is 0 Å². The molecule has 0 atom stereocenters. The molecule has 0 saturated heterocycles. The van der Waals surface area contributed by atoms with Crippen LogP contribution in [0.5, 0.6) is 0 Å². The smallest absolute Gasteiger partial charge is 0.00264 e. The lowest BCUT2D eigenvalue weighted by atomic mass is 9.87. The zero-order valence-corrected chi connectivity index (χ0v) is 27.3. The van der Waals surface area contributed by atoms with E-state index in [1.54, 1.807) is 0 Å². The van der Waals surface area contributed by atoms with E-state index >= 15 is 0 Å². The zero-order valence-electron chi connectivity index (χ0n) is 27.3. The van der Waals surface area contributed by atoms with Crippen molar-refractivity contribution in [2.75, 3.05) is 0 Å². The molecule has 0 bridgehead atoms. The third-order valence-corrected chi connectivity index (χ3v) is 10.8. The number of benzene rings is 11. The van der Waals surface area contributed by atoms with Crippen LogP contribution in [0.1, 0.15) is 0 Å². The molecule has 230 valence electrons.